The van der Waals surface area contributed by atoms with Crippen LogP contribution in [0.25, 0.3) is 0 Å². The molecule has 15 heavy (non-hydrogen) atoms. The Hall–Kier alpha value is -0.840. The van der Waals surface area contributed by atoms with Gasteiger partial charge in [0.1, 0.15) is 10.3 Å². The highest BCUT2D eigenvalue weighted by Crippen LogP contribution is 2.29. The molecule has 0 spiro atoms. The van der Waals surface area contributed by atoms with E-state index in [1.165, 1.54) is 32.0 Å². The van der Waals surface area contributed by atoms with E-state index in [2.05, 4.69) is 31.2 Å². The molecule has 0 atom stereocenters. The van der Waals surface area contributed by atoms with E-state index in [1.54, 1.807) is 0 Å². The summed E-state index contributed by atoms with van der Waals surface area (Å²) in [7, 11) is 0. The summed E-state index contributed by atoms with van der Waals surface area (Å²) >= 11 is 3.21. The number of anilines is 1. The fourth-order valence-electron chi connectivity index (χ4n) is 1.68. The minimum absolute atomic E-state index is 0.142. The third kappa shape index (κ3) is 2.59. The molecule has 1 saturated carbocycles. The number of hydrogen-bond donors (Lipinski definition) is 2. The first kappa shape index (κ1) is 10.7. The lowest BCUT2D eigenvalue weighted by molar-refractivity contribution is 0.303. The predicted molar refractivity (Wildman–Crippen MR) is 63.0 cm³/mol. The van der Waals surface area contributed by atoms with E-state index < -0.39 is 0 Å². The van der Waals surface area contributed by atoms with Gasteiger partial charge >= 0.3 is 0 Å². The molecule has 0 amide bonds. The number of hydrogen-bond acceptors (Lipinski definition) is 3. The van der Waals surface area contributed by atoms with Crippen molar-refractivity contribution in [2.75, 3.05) is 11.9 Å². The Labute approximate surface area is 96.6 Å². The van der Waals surface area contributed by atoms with Crippen molar-refractivity contribution in [3.63, 3.8) is 0 Å². The lowest BCUT2D eigenvalue weighted by Gasteiger charge is -2.25. The summed E-state index contributed by atoms with van der Waals surface area (Å²) in [6.45, 7) is 0.889. The molecule has 1 aromatic rings. The van der Waals surface area contributed by atoms with Crippen LogP contribution in [0.5, 0.6) is 0 Å². The number of nitrogens with one attached hydrogen (secondary N) is 2. The monoisotopic (exact) mass is 271 g/mol. The fraction of sp³-hybridized carbons (Fsp3) is 0.600. The maximum absolute atomic E-state index is 11.2. The van der Waals surface area contributed by atoms with Crippen LogP contribution in [0.3, 0.4) is 0 Å². The van der Waals surface area contributed by atoms with Gasteiger partial charge < -0.3 is 10.3 Å². The van der Waals surface area contributed by atoms with E-state index in [9.17, 15) is 4.79 Å². The molecule has 82 valence electrons. The van der Waals surface area contributed by atoms with Crippen molar-refractivity contribution in [2.45, 2.75) is 25.7 Å². The third-order valence-electron chi connectivity index (χ3n) is 2.87. The Morgan fingerprint density at radius 2 is 2.40 bits per heavy atom. The first-order valence-corrected chi connectivity index (χ1v) is 6.03. The lowest BCUT2D eigenvalue weighted by Crippen LogP contribution is -2.17. The SMILES string of the molecule is O=c1[nH]cnc(NCCC2CCC2)c1Br. The van der Waals surface area contributed by atoms with Crippen molar-refractivity contribution >= 4 is 21.7 Å². The van der Waals surface area contributed by atoms with E-state index in [-0.39, 0.29) is 5.56 Å². The van der Waals surface area contributed by atoms with Crippen molar-refractivity contribution in [2.24, 2.45) is 5.92 Å². The largest absolute Gasteiger partial charge is 0.369 e. The topological polar surface area (TPSA) is 57.8 Å². The van der Waals surface area contributed by atoms with Gasteiger partial charge in [0.05, 0.1) is 6.33 Å². The molecule has 5 heteroatoms. The number of rotatable bonds is 4. The molecule has 2 rings (SSSR count). The molecule has 0 aliphatic heterocycles. The van der Waals surface area contributed by atoms with Crippen LogP contribution in [-0.4, -0.2) is 16.5 Å². The molecule has 4 nitrogen and oxygen atoms in total. The van der Waals surface area contributed by atoms with Crippen LogP contribution in [0.1, 0.15) is 25.7 Å². The molecule has 0 bridgehead atoms. The molecule has 1 fully saturated rings. The Morgan fingerprint density at radius 3 is 3.07 bits per heavy atom. The van der Waals surface area contributed by atoms with E-state index in [0.29, 0.717) is 10.3 Å². The molecule has 1 aromatic heterocycles. The molecule has 1 aliphatic rings. The summed E-state index contributed by atoms with van der Waals surface area (Å²) in [5.41, 5.74) is -0.142. The predicted octanol–water partition coefficient (Wildman–Crippen LogP) is 2.13. The third-order valence-corrected chi connectivity index (χ3v) is 3.60. The van der Waals surface area contributed by atoms with Gasteiger partial charge in [-0.2, -0.15) is 0 Å². The average Bonchev–Trinajstić information content (AvgIpc) is 2.16. The second-order valence-electron chi connectivity index (χ2n) is 3.91. The number of aromatic nitrogens is 2. The van der Waals surface area contributed by atoms with Gasteiger partial charge in [0.2, 0.25) is 0 Å². The standard InChI is InChI=1S/C10H14BrN3O/c11-8-9(13-6-14-10(8)15)12-5-4-7-2-1-3-7/h6-7H,1-5H2,(H2,12,13,14,15). The smallest absolute Gasteiger partial charge is 0.267 e. The summed E-state index contributed by atoms with van der Waals surface area (Å²) in [5, 5.41) is 3.17. The number of H-pyrrole nitrogens is 1. The second kappa shape index (κ2) is 4.79. The van der Waals surface area contributed by atoms with Crippen LogP contribution in [0.4, 0.5) is 5.82 Å². The van der Waals surface area contributed by atoms with E-state index in [1.807, 2.05) is 0 Å². The first-order chi connectivity index (χ1) is 7.27. The molecule has 1 aliphatic carbocycles. The summed E-state index contributed by atoms with van der Waals surface area (Å²) in [6.07, 6.45) is 6.66. The van der Waals surface area contributed by atoms with Crippen molar-refractivity contribution in [1.29, 1.82) is 0 Å². The van der Waals surface area contributed by atoms with Crippen molar-refractivity contribution in [3.8, 4) is 0 Å². The van der Waals surface area contributed by atoms with Gasteiger partial charge in [0, 0.05) is 6.54 Å². The average molecular weight is 272 g/mol. The molecular formula is C10H14BrN3O. The highest BCUT2D eigenvalue weighted by Gasteiger charge is 2.16. The van der Waals surface area contributed by atoms with E-state index in [4.69, 9.17) is 0 Å². The second-order valence-corrected chi connectivity index (χ2v) is 4.70. The Morgan fingerprint density at radius 1 is 1.60 bits per heavy atom. The summed E-state index contributed by atoms with van der Waals surface area (Å²) in [4.78, 5) is 17.8. The molecule has 0 unspecified atom stereocenters. The Kier molecular flexibility index (Phi) is 3.41. The Bertz CT molecular complexity index is 386. The van der Waals surface area contributed by atoms with Gasteiger partial charge in [-0.1, -0.05) is 19.3 Å². The van der Waals surface area contributed by atoms with Crippen LogP contribution in [0.2, 0.25) is 0 Å². The Balaban J connectivity index is 1.87. The van der Waals surface area contributed by atoms with Crippen molar-refractivity contribution in [1.82, 2.24) is 9.97 Å². The van der Waals surface area contributed by atoms with Gasteiger partial charge in [-0.3, -0.25) is 4.79 Å². The molecule has 0 radical (unpaired) electrons. The number of halogens is 1. The molecule has 2 N–H and O–H groups in total. The summed E-state index contributed by atoms with van der Waals surface area (Å²) in [6, 6.07) is 0. The quantitative estimate of drug-likeness (QED) is 0.882. The molecule has 0 saturated heterocycles. The number of nitrogens with zero attached hydrogens (tertiary/aromatic N) is 1. The number of aromatic amines is 1. The van der Waals surface area contributed by atoms with Crippen LogP contribution in [-0.2, 0) is 0 Å². The molecule has 0 aromatic carbocycles. The van der Waals surface area contributed by atoms with Crippen LogP contribution < -0.4 is 10.9 Å². The lowest BCUT2D eigenvalue weighted by atomic mass is 9.83. The van der Waals surface area contributed by atoms with E-state index in [0.717, 1.165) is 12.5 Å². The highest BCUT2D eigenvalue weighted by atomic mass is 79.9. The van der Waals surface area contributed by atoms with Crippen LogP contribution >= 0.6 is 15.9 Å². The normalized spacial score (nSPS) is 16.1. The van der Waals surface area contributed by atoms with Gasteiger partial charge in [-0.05, 0) is 28.3 Å². The zero-order valence-electron chi connectivity index (χ0n) is 8.42. The zero-order valence-corrected chi connectivity index (χ0v) is 10.0. The van der Waals surface area contributed by atoms with Gasteiger partial charge in [-0.25, -0.2) is 4.98 Å². The van der Waals surface area contributed by atoms with Crippen LogP contribution in [0.15, 0.2) is 15.6 Å². The minimum atomic E-state index is -0.142. The van der Waals surface area contributed by atoms with Gasteiger partial charge in [0.25, 0.3) is 5.56 Å². The molecule has 1 heterocycles. The maximum atomic E-state index is 11.2. The van der Waals surface area contributed by atoms with Crippen molar-refractivity contribution < 1.29 is 0 Å². The van der Waals surface area contributed by atoms with E-state index >= 15 is 0 Å². The summed E-state index contributed by atoms with van der Waals surface area (Å²) in [5.74, 6) is 1.51. The van der Waals surface area contributed by atoms with Crippen molar-refractivity contribution in [3.05, 3.63) is 21.2 Å². The van der Waals surface area contributed by atoms with Gasteiger partial charge in [0.15, 0.2) is 0 Å². The highest BCUT2D eigenvalue weighted by molar-refractivity contribution is 9.10. The zero-order chi connectivity index (χ0) is 10.7. The summed E-state index contributed by atoms with van der Waals surface area (Å²) < 4.78 is 0.485. The minimum Gasteiger partial charge on any atom is -0.369 e. The van der Waals surface area contributed by atoms with Crippen LogP contribution in [0, 0.1) is 5.92 Å². The maximum Gasteiger partial charge on any atom is 0.267 e. The van der Waals surface area contributed by atoms with Gasteiger partial charge in [-0.15, -0.1) is 0 Å². The first-order valence-electron chi connectivity index (χ1n) is 5.24. The molecular weight excluding hydrogens is 258 g/mol. The fourth-order valence-corrected chi connectivity index (χ4v) is 2.04.